The largest absolute Gasteiger partial charge is 0.310 e. The molecule has 3 heteroatoms. The first-order chi connectivity index (χ1) is 9.19. The molecule has 2 aromatic rings. The third-order valence-electron chi connectivity index (χ3n) is 3.02. The molecule has 0 saturated heterocycles. The lowest BCUT2D eigenvalue weighted by atomic mass is 9.99. The molecule has 0 aliphatic carbocycles. The Kier molecular flexibility index (Phi) is 5.11. The minimum atomic E-state index is -0.208. The fourth-order valence-electron chi connectivity index (χ4n) is 2.18. The van der Waals surface area contributed by atoms with Gasteiger partial charge in [-0.15, -0.1) is 0 Å². The molecule has 1 unspecified atom stereocenters. The van der Waals surface area contributed by atoms with E-state index in [1.165, 1.54) is 11.6 Å². The summed E-state index contributed by atoms with van der Waals surface area (Å²) < 4.78 is 14.3. The smallest absolute Gasteiger partial charge is 0.124 e. The molecule has 0 radical (unpaired) electrons. The summed E-state index contributed by atoms with van der Waals surface area (Å²) in [6, 6.07) is 15.4. The zero-order valence-corrected chi connectivity index (χ0v) is 12.5. The van der Waals surface area contributed by atoms with Crippen LogP contribution < -0.4 is 5.32 Å². The molecule has 0 heterocycles. The number of benzene rings is 2. The third-order valence-corrected chi connectivity index (χ3v) is 3.48. The first kappa shape index (κ1) is 14.2. The molecule has 0 fully saturated rings. The normalized spacial score (nSPS) is 12.4. The number of halogens is 2. The predicted octanol–water partition coefficient (Wildman–Crippen LogP) is 4.48. The van der Waals surface area contributed by atoms with E-state index in [4.69, 9.17) is 0 Å². The van der Waals surface area contributed by atoms with Gasteiger partial charge in [0.25, 0.3) is 0 Å². The molecule has 0 aliphatic rings. The van der Waals surface area contributed by atoms with E-state index in [2.05, 4.69) is 40.3 Å². The van der Waals surface area contributed by atoms with Crippen LogP contribution in [-0.2, 0) is 6.42 Å². The van der Waals surface area contributed by atoms with Gasteiger partial charge in [0.05, 0.1) is 0 Å². The Bertz CT molecular complexity index is 507. The minimum Gasteiger partial charge on any atom is -0.310 e. The van der Waals surface area contributed by atoms with Gasteiger partial charge in [-0.05, 0) is 42.3 Å². The number of hydrogen-bond donors (Lipinski definition) is 1. The standard InChI is InChI=1S/C16H17BrFN/c1-2-19-16(8-12-6-4-3-5-7-12)13-9-14(17)11-15(18)10-13/h3-7,9-11,16,19H,2,8H2,1H3. The van der Waals surface area contributed by atoms with Crippen molar-refractivity contribution in [3.05, 3.63) is 69.9 Å². The quantitative estimate of drug-likeness (QED) is 0.856. The monoisotopic (exact) mass is 321 g/mol. The summed E-state index contributed by atoms with van der Waals surface area (Å²) >= 11 is 3.35. The second-order valence-corrected chi connectivity index (χ2v) is 5.42. The SMILES string of the molecule is CCNC(Cc1ccccc1)c1cc(F)cc(Br)c1. The molecule has 1 N–H and O–H groups in total. The van der Waals surface area contributed by atoms with Crippen LogP contribution in [-0.4, -0.2) is 6.54 Å². The van der Waals surface area contributed by atoms with Crippen molar-refractivity contribution in [1.29, 1.82) is 0 Å². The highest BCUT2D eigenvalue weighted by Crippen LogP contribution is 2.23. The summed E-state index contributed by atoms with van der Waals surface area (Å²) in [4.78, 5) is 0. The van der Waals surface area contributed by atoms with Gasteiger partial charge >= 0.3 is 0 Å². The van der Waals surface area contributed by atoms with E-state index in [1.807, 2.05) is 24.3 Å². The van der Waals surface area contributed by atoms with Crippen molar-refractivity contribution in [2.75, 3.05) is 6.54 Å². The number of hydrogen-bond acceptors (Lipinski definition) is 1. The van der Waals surface area contributed by atoms with Gasteiger partial charge in [-0.1, -0.05) is 53.2 Å². The maximum absolute atomic E-state index is 13.5. The van der Waals surface area contributed by atoms with Crippen LogP contribution in [0.5, 0.6) is 0 Å². The van der Waals surface area contributed by atoms with E-state index in [0.29, 0.717) is 0 Å². The summed E-state index contributed by atoms with van der Waals surface area (Å²) in [5.74, 6) is -0.208. The van der Waals surface area contributed by atoms with Crippen LogP contribution in [0.15, 0.2) is 53.0 Å². The molecule has 0 aromatic heterocycles. The van der Waals surface area contributed by atoms with Crippen molar-refractivity contribution in [2.45, 2.75) is 19.4 Å². The zero-order chi connectivity index (χ0) is 13.7. The lowest BCUT2D eigenvalue weighted by Gasteiger charge is -2.19. The minimum absolute atomic E-state index is 0.124. The highest BCUT2D eigenvalue weighted by Gasteiger charge is 2.12. The number of rotatable bonds is 5. The average Bonchev–Trinajstić information content (AvgIpc) is 2.38. The highest BCUT2D eigenvalue weighted by molar-refractivity contribution is 9.10. The van der Waals surface area contributed by atoms with Crippen molar-refractivity contribution < 1.29 is 4.39 Å². The van der Waals surface area contributed by atoms with Crippen LogP contribution in [0.3, 0.4) is 0 Å². The van der Waals surface area contributed by atoms with E-state index >= 15 is 0 Å². The van der Waals surface area contributed by atoms with E-state index in [0.717, 1.165) is 23.0 Å². The lowest BCUT2D eigenvalue weighted by molar-refractivity contribution is 0.542. The summed E-state index contributed by atoms with van der Waals surface area (Å²) in [7, 11) is 0. The second-order valence-electron chi connectivity index (χ2n) is 4.50. The van der Waals surface area contributed by atoms with E-state index < -0.39 is 0 Å². The van der Waals surface area contributed by atoms with Crippen LogP contribution in [0, 0.1) is 5.82 Å². The molecule has 100 valence electrons. The molecular formula is C16H17BrFN. The van der Waals surface area contributed by atoms with Gasteiger partial charge in [-0.25, -0.2) is 4.39 Å². The van der Waals surface area contributed by atoms with Gasteiger partial charge in [0.15, 0.2) is 0 Å². The molecule has 2 aromatic carbocycles. The second kappa shape index (κ2) is 6.83. The van der Waals surface area contributed by atoms with Crippen molar-refractivity contribution in [1.82, 2.24) is 5.32 Å². The van der Waals surface area contributed by atoms with E-state index in [-0.39, 0.29) is 11.9 Å². The fourth-order valence-corrected chi connectivity index (χ4v) is 2.66. The number of likely N-dealkylation sites (N-methyl/N-ethyl adjacent to an activating group) is 1. The third kappa shape index (κ3) is 4.15. The molecule has 0 spiro atoms. The summed E-state index contributed by atoms with van der Waals surface area (Å²) in [5.41, 5.74) is 2.21. The molecule has 0 saturated carbocycles. The van der Waals surface area contributed by atoms with Crippen LogP contribution in [0.4, 0.5) is 4.39 Å². The lowest BCUT2D eigenvalue weighted by Crippen LogP contribution is -2.23. The van der Waals surface area contributed by atoms with Gasteiger partial charge in [0.1, 0.15) is 5.82 Å². The Balaban J connectivity index is 2.24. The molecule has 1 atom stereocenters. The Morgan fingerprint density at radius 1 is 1.16 bits per heavy atom. The molecule has 1 nitrogen and oxygen atoms in total. The summed E-state index contributed by atoms with van der Waals surface area (Å²) in [6.07, 6.45) is 0.852. The zero-order valence-electron chi connectivity index (χ0n) is 10.9. The van der Waals surface area contributed by atoms with Gasteiger partial charge in [0.2, 0.25) is 0 Å². The molecule has 0 aliphatic heterocycles. The predicted molar refractivity (Wildman–Crippen MR) is 80.7 cm³/mol. The van der Waals surface area contributed by atoms with E-state index in [1.54, 1.807) is 6.07 Å². The van der Waals surface area contributed by atoms with Gasteiger partial charge in [-0.3, -0.25) is 0 Å². The van der Waals surface area contributed by atoms with Crippen molar-refractivity contribution in [3.8, 4) is 0 Å². The highest BCUT2D eigenvalue weighted by atomic mass is 79.9. The van der Waals surface area contributed by atoms with Crippen LogP contribution in [0.2, 0.25) is 0 Å². The van der Waals surface area contributed by atoms with Crippen molar-refractivity contribution >= 4 is 15.9 Å². The van der Waals surface area contributed by atoms with Gasteiger partial charge in [-0.2, -0.15) is 0 Å². The molecular weight excluding hydrogens is 305 g/mol. The Labute approximate surface area is 122 Å². The first-order valence-corrected chi connectivity index (χ1v) is 7.21. The van der Waals surface area contributed by atoms with Gasteiger partial charge < -0.3 is 5.32 Å². The fraction of sp³-hybridized carbons (Fsp3) is 0.250. The topological polar surface area (TPSA) is 12.0 Å². The molecule has 19 heavy (non-hydrogen) atoms. The maximum atomic E-state index is 13.5. The van der Waals surface area contributed by atoms with Crippen LogP contribution in [0.25, 0.3) is 0 Å². The summed E-state index contributed by atoms with van der Waals surface area (Å²) in [5, 5.41) is 3.41. The molecule has 0 amide bonds. The average molecular weight is 322 g/mol. The van der Waals surface area contributed by atoms with Crippen molar-refractivity contribution in [2.24, 2.45) is 0 Å². The van der Waals surface area contributed by atoms with E-state index in [9.17, 15) is 4.39 Å². The molecule has 0 bridgehead atoms. The Morgan fingerprint density at radius 2 is 1.89 bits per heavy atom. The maximum Gasteiger partial charge on any atom is 0.124 e. The summed E-state index contributed by atoms with van der Waals surface area (Å²) in [6.45, 7) is 2.91. The molecule has 2 rings (SSSR count). The van der Waals surface area contributed by atoms with Gasteiger partial charge in [0, 0.05) is 10.5 Å². The van der Waals surface area contributed by atoms with Crippen molar-refractivity contribution in [3.63, 3.8) is 0 Å². The van der Waals surface area contributed by atoms with Crippen LogP contribution >= 0.6 is 15.9 Å². The van der Waals surface area contributed by atoms with Crippen LogP contribution in [0.1, 0.15) is 24.1 Å². The Hall–Kier alpha value is -1.19. The first-order valence-electron chi connectivity index (χ1n) is 6.42. The Morgan fingerprint density at radius 3 is 2.53 bits per heavy atom. The number of nitrogens with one attached hydrogen (secondary N) is 1.